The normalized spacial score (nSPS) is 23.6. The van der Waals surface area contributed by atoms with E-state index in [1.807, 2.05) is 0 Å². The van der Waals surface area contributed by atoms with Crippen LogP contribution in [0.5, 0.6) is 0 Å². The number of hydrogen-bond donors (Lipinski definition) is 4. The average Bonchev–Trinajstić information content (AvgIpc) is 3.16. The molecule has 2 heterocycles. The van der Waals surface area contributed by atoms with Gasteiger partial charge in [-0.1, -0.05) is 24.3 Å². The van der Waals surface area contributed by atoms with E-state index in [1.165, 1.54) is 0 Å². The number of unbranched alkanes of at least 4 members (excludes halogenated alkanes) is 1. The highest BCUT2D eigenvalue weighted by atomic mass is 32.2. The third kappa shape index (κ3) is 4.57. The van der Waals surface area contributed by atoms with Gasteiger partial charge in [-0.25, -0.2) is 4.79 Å². The molecule has 0 bridgehead atoms. The molecule has 2 amide bonds. The van der Waals surface area contributed by atoms with E-state index in [0.717, 1.165) is 24.6 Å². The molecule has 1 spiro atoms. The number of rotatable bonds is 4. The van der Waals surface area contributed by atoms with E-state index in [4.69, 9.17) is 15.6 Å². The van der Waals surface area contributed by atoms with E-state index < -0.39 is 29.6 Å². The molecule has 1 aliphatic carbocycles. The summed E-state index contributed by atoms with van der Waals surface area (Å²) in [6.07, 6.45) is -3.12. The number of nitrogens with two attached hydrogens (primary N) is 1. The summed E-state index contributed by atoms with van der Waals surface area (Å²) in [6.45, 7) is 0.523. The molecule has 1 aromatic carbocycles. The molecule has 2 atom stereocenters. The number of hydrogen-bond acceptors (Lipinski definition) is 7. The third-order valence-corrected chi connectivity index (χ3v) is 6.73. The second-order valence-corrected chi connectivity index (χ2v) is 8.69. The standard InChI is InChI=1S/C19H19N3O4S.C2HF3O2/c20-8-4-3-7-12-17(25)22-19(18(26)21-12)9-27-16-13(19)14(23)10-5-1-2-6-11(10)15(16)24;3-2(4,5)1(6)7/h1-2,5-6,12H,3-4,7-9,20H2,(H,21,26)(H,22,25);(H,6,7)/t12-,19-;/m0./s1. The summed E-state index contributed by atoms with van der Waals surface area (Å²) < 4.78 is 31.7. The molecule has 0 aromatic heterocycles. The number of carbonyl (C=O) groups excluding carboxylic acids is 4. The van der Waals surface area contributed by atoms with Crippen molar-refractivity contribution in [1.29, 1.82) is 0 Å². The molecule has 5 N–H and O–H groups in total. The molecule has 13 heteroatoms. The van der Waals surface area contributed by atoms with E-state index in [0.29, 0.717) is 18.5 Å². The first-order valence-corrected chi connectivity index (χ1v) is 11.1. The molecule has 1 aromatic rings. The Morgan fingerprint density at radius 3 is 2.26 bits per heavy atom. The Labute approximate surface area is 195 Å². The molecule has 1 fully saturated rings. The maximum atomic E-state index is 13.1. The van der Waals surface area contributed by atoms with Crippen LogP contribution < -0.4 is 16.4 Å². The van der Waals surface area contributed by atoms with Crippen molar-refractivity contribution in [1.82, 2.24) is 10.6 Å². The van der Waals surface area contributed by atoms with E-state index in [2.05, 4.69) is 10.6 Å². The summed E-state index contributed by atoms with van der Waals surface area (Å²) in [6, 6.07) is 5.92. The van der Waals surface area contributed by atoms with Crippen LogP contribution in [0.25, 0.3) is 0 Å². The van der Waals surface area contributed by atoms with Crippen molar-refractivity contribution in [2.75, 3.05) is 12.3 Å². The van der Waals surface area contributed by atoms with Gasteiger partial charge in [0.25, 0.3) is 5.91 Å². The number of ketones is 2. The van der Waals surface area contributed by atoms with Gasteiger partial charge in [-0.15, -0.1) is 11.8 Å². The Hall–Kier alpha value is -3.19. The largest absolute Gasteiger partial charge is 0.490 e. The van der Waals surface area contributed by atoms with Crippen LogP contribution in [0.4, 0.5) is 13.2 Å². The number of carboxylic acid groups (broad SMARTS) is 1. The fraction of sp³-hybridized carbons (Fsp3) is 0.381. The number of piperazine rings is 1. The van der Waals surface area contributed by atoms with Crippen LogP contribution in [-0.2, 0) is 14.4 Å². The first kappa shape index (κ1) is 25.4. The third-order valence-electron chi connectivity index (χ3n) is 5.47. The lowest BCUT2D eigenvalue weighted by atomic mass is 9.78. The van der Waals surface area contributed by atoms with Gasteiger partial charge in [0.2, 0.25) is 11.7 Å². The lowest BCUT2D eigenvalue weighted by Crippen LogP contribution is -2.71. The van der Waals surface area contributed by atoms with Gasteiger partial charge in [0.15, 0.2) is 11.3 Å². The second kappa shape index (κ2) is 9.58. The van der Waals surface area contributed by atoms with Gasteiger partial charge < -0.3 is 21.5 Å². The molecule has 0 unspecified atom stereocenters. The van der Waals surface area contributed by atoms with Gasteiger partial charge in [0.1, 0.15) is 6.04 Å². The second-order valence-electron chi connectivity index (χ2n) is 7.70. The van der Waals surface area contributed by atoms with Gasteiger partial charge in [0, 0.05) is 16.9 Å². The van der Waals surface area contributed by atoms with Crippen molar-refractivity contribution < 1.29 is 42.3 Å². The molecule has 0 saturated carbocycles. The minimum Gasteiger partial charge on any atom is -0.475 e. The number of allylic oxidation sites excluding steroid dienone is 1. The van der Waals surface area contributed by atoms with Gasteiger partial charge >= 0.3 is 12.1 Å². The number of benzene rings is 1. The highest BCUT2D eigenvalue weighted by Gasteiger charge is 2.57. The van der Waals surface area contributed by atoms with Crippen LogP contribution in [0.15, 0.2) is 34.7 Å². The molecule has 0 radical (unpaired) electrons. The number of thioether (sulfide) groups is 1. The summed E-state index contributed by atoms with van der Waals surface area (Å²) in [5.41, 5.74) is 4.70. The smallest absolute Gasteiger partial charge is 0.475 e. The van der Waals surface area contributed by atoms with E-state index >= 15 is 0 Å². The highest BCUT2D eigenvalue weighted by Crippen LogP contribution is 2.46. The quantitative estimate of drug-likeness (QED) is 0.450. The predicted octanol–water partition coefficient (Wildman–Crippen LogP) is 1.18. The zero-order valence-corrected chi connectivity index (χ0v) is 18.3. The van der Waals surface area contributed by atoms with E-state index in [1.54, 1.807) is 24.3 Å². The zero-order valence-electron chi connectivity index (χ0n) is 17.5. The number of nitrogens with one attached hydrogen (secondary N) is 2. The van der Waals surface area contributed by atoms with Crippen LogP contribution >= 0.6 is 11.8 Å². The first-order valence-electron chi connectivity index (χ1n) is 10.1. The summed E-state index contributed by atoms with van der Waals surface area (Å²) in [5, 5.41) is 12.6. The SMILES string of the molecule is NCCCC[C@@H]1NC(=O)[C@@]2(CSC3=C2C(=O)c2ccccc2C3=O)NC1=O.O=C(O)C(F)(F)F. The number of alkyl halides is 3. The molecule has 4 rings (SSSR count). The summed E-state index contributed by atoms with van der Waals surface area (Å²) in [7, 11) is 0. The topological polar surface area (TPSA) is 156 Å². The first-order chi connectivity index (χ1) is 15.9. The number of Topliss-reactive ketones (excluding diaryl/α,β-unsaturated/α-hetero) is 2. The van der Waals surface area contributed by atoms with Crippen molar-refractivity contribution in [2.24, 2.45) is 5.73 Å². The minimum atomic E-state index is -5.08. The van der Waals surface area contributed by atoms with E-state index in [-0.39, 0.29) is 39.3 Å². The fourth-order valence-electron chi connectivity index (χ4n) is 3.81. The molecule has 1 saturated heterocycles. The number of fused-ring (bicyclic) bond motifs is 2. The number of halogens is 3. The monoisotopic (exact) mass is 499 g/mol. The number of carbonyl (C=O) groups is 5. The summed E-state index contributed by atoms with van der Waals surface area (Å²) >= 11 is 1.15. The molecular weight excluding hydrogens is 479 g/mol. The summed E-state index contributed by atoms with van der Waals surface area (Å²) in [5.74, 6) is -4.03. The Kier molecular flexibility index (Phi) is 7.17. The Morgan fingerprint density at radius 1 is 1.12 bits per heavy atom. The van der Waals surface area contributed by atoms with Crippen LogP contribution in [0.3, 0.4) is 0 Å². The Morgan fingerprint density at radius 2 is 1.71 bits per heavy atom. The fourth-order valence-corrected chi connectivity index (χ4v) is 5.17. The maximum absolute atomic E-state index is 13.1. The minimum absolute atomic E-state index is 0.0995. The van der Waals surface area contributed by atoms with Crippen molar-refractivity contribution >= 4 is 41.1 Å². The molecule has 3 aliphatic rings. The maximum Gasteiger partial charge on any atom is 0.490 e. The highest BCUT2D eigenvalue weighted by molar-refractivity contribution is 8.04. The molecular formula is C21H20F3N3O6S. The number of amides is 2. The number of aliphatic carboxylic acids is 1. The average molecular weight is 499 g/mol. The van der Waals surface area contributed by atoms with Crippen molar-refractivity contribution in [3.8, 4) is 0 Å². The van der Waals surface area contributed by atoms with Gasteiger partial charge in [0.05, 0.1) is 10.5 Å². The van der Waals surface area contributed by atoms with Gasteiger partial charge in [-0.05, 0) is 25.8 Å². The van der Waals surface area contributed by atoms with E-state index in [9.17, 15) is 32.3 Å². The van der Waals surface area contributed by atoms with Crippen molar-refractivity contribution in [2.45, 2.75) is 37.0 Å². The van der Waals surface area contributed by atoms with Crippen molar-refractivity contribution in [3.05, 3.63) is 45.9 Å². The molecule has 34 heavy (non-hydrogen) atoms. The number of carboxylic acids is 1. The van der Waals surface area contributed by atoms with Crippen LogP contribution in [0, 0.1) is 0 Å². The lowest BCUT2D eigenvalue weighted by Gasteiger charge is -2.38. The zero-order chi connectivity index (χ0) is 25.3. The van der Waals surface area contributed by atoms with Crippen LogP contribution in [0.2, 0.25) is 0 Å². The van der Waals surface area contributed by atoms with Crippen LogP contribution in [0.1, 0.15) is 40.0 Å². The summed E-state index contributed by atoms with van der Waals surface area (Å²) in [4.78, 5) is 60.6. The van der Waals surface area contributed by atoms with Gasteiger partial charge in [-0.2, -0.15) is 13.2 Å². The Bertz CT molecular complexity index is 1100. The lowest BCUT2D eigenvalue weighted by molar-refractivity contribution is -0.192. The molecule has 2 aliphatic heterocycles. The Balaban J connectivity index is 0.000000406. The molecule has 182 valence electrons. The predicted molar refractivity (Wildman–Crippen MR) is 114 cm³/mol. The van der Waals surface area contributed by atoms with Crippen molar-refractivity contribution in [3.63, 3.8) is 0 Å². The van der Waals surface area contributed by atoms with Crippen LogP contribution in [-0.4, -0.2) is 64.5 Å². The molecule has 9 nitrogen and oxygen atoms in total. The van der Waals surface area contributed by atoms with Gasteiger partial charge in [-0.3, -0.25) is 19.2 Å².